The molecule has 1 atom stereocenters. The van der Waals surface area contributed by atoms with Crippen molar-refractivity contribution >= 4 is 17.7 Å². The first-order chi connectivity index (χ1) is 8.95. The van der Waals surface area contributed by atoms with E-state index >= 15 is 0 Å². The number of hydrogen-bond acceptors (Lipinski definition) is 3. The molecule has 6 nitrogen and oxygen atoms in total. The van der Waals surface area contributed by atoms with Gasteiger partial charge >= 0.3 is 0 Å². The van der Waals surface area contributed by atoms with Crippen molar-refractivity contribution in [1.82, 2.24) is 15.1 Å². The molecule has 1 aliphatic heterocycles. The first kappa shape index (κ1) is 15.5. The summed E-state index contributed by atoms with van der Waals surface area (Å²) in [6, 6.07) is 0. The van der Waals surface area contributed by atoms with E-state index in [9.17, 15) is 14.4 Å². The van der Waals surface area contributed by atoms with E-state index < -0.39 is 0 Å². The maximum absolute atomic E-state index is 12.4. The molecule has 0 radical (unpaired) electrons. The quantitative estimate of drug-likeness (QED) is 0.754. The van der Waals surface area contributed by atoms with E-state index in [-0.39, 0.29) is 30.2 Å². The van der Waals surface area contributed by atoms with Gasteiger partial charge in [0.15, 0.2) is 0 Å². The summed E-state index contributed by atoms with van der Waals surface area (Å²) in [5.74, 6) is -0.312. The summed E-state index contributed by atoms with van der Waals surface area (Å²) in [4.78, 5) is 38.3. The van der Waals surface area contributed by atoms with Crippen molar-refractivity contribution in [3.63, 3.8) is 0 Å². The molecular weight excluding hydrogens is 246 g/mol. The molecule has 0 aromatic rings. The van der Waals surface area contributed by atoms with Crippen LogP contribution in [0.4, 0.5) is 0 Å². The van der Waals surface area contributed by atoms with Gasteiger partial charge < -0.3 is 15.1 Å². The monoisotopic (exact) mass is 269 g/mol. The SMILES string of the molecule is CCCN(CC(=O)N(C)C)C(=O)C1CCC(=O)NC1. The molecule has 3 amide bonds. The van der Waals surface area contributed by atoms with Crippen LogP contribution >= 0.6 is 0 Å². The second-order valence-electron chi connectivity index (χ2n) is 5.09. The van der Waals surface area contributed by atoms with E-state index in [1.54, 1.807) is 19.0 Å². The number of nitrogens with zero attached hydrogens (tertiary/aromatic N) is 2. The van der Waals surface area contributed by atoms with E-state index in [1.165, 1.54) is 4.90 Å². The first-order valence-corrected chi connectivity index (χ1v) is 6.71. The molecule has 1 unspecified atom stereocenters. The molecule has 0 bridgehead atoms. The average molecular weight is 269 g/mol. The summed E-state index contributed by atoms with van der Waals surface area (Å²) in [5, 5.41) is 2.70. The van der Waals surface area contributed by atoms with Gasteiger partial charge in [-0.3, -0.25) is 14.4 Å². The summed E-state index contributed by atoms with van der Waals surface area (Å²) in [6.45, 7) is 3.05. The van der Waals surface area contributed by atoms with E-state index in [0.717, 1.165) is 6.42 Å². The molecule has 0 saturated carbocycles. The molecule has 1 rings (SSSR count). The molecule has 0 spiro atoms. The highest BCUT2D eigenvalue weighted by molar-refractivity contribution is 5.87. The Labute approximate surface area is 114 Å². The lowest BCUT2D eigenvalue weighted by Gasteiger charge is -2.29. The second kappa shape index (κ2) is 7.11. The second-order valence-corrected chi connectivity index (χ2v) is 5.09. The standard InChI is InChI=1S/C13H23N3O3/c1-4-7-16(9-12(18)15(2)3)13(19)10-5-6-11(17)14-8-10/h10H,4-9H2,1-3H3,(H,14,17). The highest BCUT2D eigenvalue weighted by Gasteiger charge is 2.29. The Hall–Kier alpha value is -1.59. The van der Waals surface area contributed by atoms with Gasteiger partial charge in [-0.2, -0.15) is 0 Å². The first-order valence-electron chi connectivity index (χ1n) is 6.71. The number of nitrogens with one attached hydrogen (secondary N) is 1. The summed E-state index contributed by atoms with van der Waals surface area (Å²) in [7, 11) is 3.36. The number of hydrogen-bond donors (Lipinski definition) is 1. The zero-order valence-electron chi connectivity index (χ0n) is 11.9. The normalized spacial score (nSPS) is 18.7. The summed E-state index contributed by atoms with van der Waals surface area (Å²) >= 11 is 0. The molecule has 1 heterocycles. The Morgan fingerprint density at radius 1 is 1.37 bits per heavy atom. The van der Waals surface area contributed by atoms with Crippen LogP contribution in [0.1, 0.15) is 26.2 Å². The lowest BCUT2D eigenvalue weighted by molar-refractivity contribution is -0.143. The molecular formula is C13H23N3O3. The van der Waals surface area contributed by atoms with Crippen molar-refractivity contribution in [2.24, 2.45) is 5.92 Å². The smallest absolute Gasteiger partial charge is 0.241 e. The Morgan fingerprint density at radius 2 is 2.05 bits per heavy atom. The van der Waals surface area contributed by atoms with Gasteiger partial charge in [0.2, 0.25) is 17.7 Å². The van der Waals surface area contributed by atoms with Crippen LogP contribution in [0.5, 0.6) is 0 Å². The van der Waals surface area contributed by atoms with Crippen molar-refractivity contribution in [1.29, 1.82) is 0 Å². The van der Waals surface area contributed by atoms with Crippen LogP contribution in [0.15, 0.2) is 0 Å². The van der Waals surface area contributed by atoms with E-state index in [4.69, 9.17) is 0 Å². The van der Waals surface area contributed by atoms with Crippen LogP contribution in [0.25, 0.3) is 0 Å². The molecule has 0 aromatic carbocycles. The van der Waals surface area contributed by atoms with E-state index in [1.807, 2.05) is 6.92 Å². The number of piperidine rings is 1. The fourth-order valence-corrected chi connectivity index (χ4v) is 2.04. The predicted molar refractivity (Wildman–Crippen MR) is 71.3 cm³/mol. The number of carbonyl (C=O) groups excluding carboxylic acids is 3. The highest BCUT2D eigenvalue weighted by Crippen LogP contribution is 2.14. The predicted octanol–water partition coefficient (Wildman–Crippen LogP) is -0.161. The molecule has 0 aliphatic carbocycles. The molecule has 6 heteroatoms. The lowest BCUT2D eigenvalue weighted by Crippen LogP contribution is -2.48. The van der Waals surface area contributed by atoms with Crippen LogP contribution < -0.4 is 5.32 Å². The topological polar surface area (TPSA) is 69.7 Å². The largest absolute Gasteiger partial charge is 0.355 e. The van der Waals surface area contributed by atoms with E-state index in [2.05, 4.69) is 5.32 Å². The van der Waals surface area contributed by atoms with Crippen molar-refractivity contribution in [2.75, 3.05) is 33.7 Å². The Bertz CT molecular complexity index is 345. The fraction of sp³-hybridized carbons (Fsp3) is 0.769. The zero-order chi connectivity index (χ0) is 14.4. The molecule has 1 fully saturated rings. The van der Waals surface area contributed by atoms with Crippen LogP contribution in [-0.2, 0) is 14.4 Å². The van der Waals surface area contributed by atoms with Gasteiger partial charge in [-0.05, 0) is 12.8 Å². The summed E-state index contributed by atoms with van der Waals surface area (Å²) in [6.07, 6.45) is 1.77. The maximum Gasteiger partial charge on any atom is 0.241 e. The number of amides is 3. The van der Waals surface area contributed by atoms with Crippen LogP contribution in [0.3, 0.4) is 0 Å². The lowest BCUT2D eigenvalue weighted by atomic mass is 9.97. The molecule has 19 heavy (non-hydrogen) atoms. The molecule has 0 aromatic heterocycles. The molecule has 108 valence electrons. The molecule has 1 N–H and O–H groups in total. The Morgan fingerprint density at radius 3 is 2.53 bits per heavy atom. The third-order valence-electron chi connectivity index (χ3n) is 3.24. The van der Waals surface area contributed by atoms with Crippen molar-refractivity contribution < 1.29 is 14.4 Å². The molecule has 1 aliphatic rings. The highest BCUT2D eigenvalue weighted by atomic mass is 16.2. The number of carbonyl (C=O) groups is 3. The zero-order valence-corrected chi connectivity index (χ0v) is 11.9. The number of rotatable bonds is 5. The van der Waals surface area contributed by atoms with Gasteiger partial charge in [0, 0.05) is 33.6 Å². The van der Waals surface area contributed by atoms with Gasteiger partial charge in [-0.25, -0.2) is 0 Å². The fourth-order valence-electron chi connectivity index (χ4n) is 2.04. The van der Waals surface area contributed by atoms with Crippen molar-refractivity contribution in [3.05, 3.63) is 0 Å². The van der Waals surface area contributed by atoms with E-state index in [0.29, 0.717) is 25.9 Å². The van der Waals surface area contributed by atoms with Crippen molar-refractivity contribution in [2.45, 2.75) is 26.2 Å². The Balaban J connectivity index is 2.61. The average Bonchev–Trinajstić information content (AvgIpc) is 2.38. The van der Waals surface area contributed by atoms with Crippen molar-refractivity contribution in [3.8, 4) is 0 Å². The van der Waals surface area contributed by atoms with Crippen LogP contribution in [0.2, 0.25) is 0 Å². The van der Waals surface area contributed by atoms with Gasteiger partial charge in [0.05, 0.1) is 12.5 Å². The summed E-state index contributed by atoms with van der Waals surface area (Å²) in [5.41, 5.74) is 0. The molecule has 1 saturated heterocycles. The minimum absolute atomic E-state index is 0.00420. The minimum atomic E-state index is -0.195. The van der Waals surface area contributed by atoms with Crippen LogP contribution in [-0.4, -0.2) is 61.3 Å². The van der Waals surface area contributed by atoms with Crippen LogP contribution in [0, 0.1) is 5.92 Å². The Kier molecular flexibility index (Phi) is 5.79. The minimum Gasteiger partial charge on any atom is -0.355 e. The van der Waals surface area contributed by atoms with Gasteiger partial charge in [-0.1, -0.05) is 6.92 Å². The van der Waals surface area contributed by atoms with Gasteiger partial charge in [0.25, 0.3) is 0 Å². The summed E-state index contributed by atoms with van der Waals surface area (Å²) < 4.78 is 0. The third-order valence-corrected chi connectivity index (χ3v) is 3.24. The maximum atomic E-state index is 12.4. The number of likely N-dealkylation sites (N-methyl/N-ethyl adjacent to an activating group) is 1. The third kappa shape index (κ3) is 4.54. The van der Waals surface area contributed by atoms with Gasteiger partial charge in [-0.15, -0.1) is 0 Å². The van der Waals surface area contributed by atoms with Gasteiger partial charge in [0.1, 0.15) is 0 Å².